The molecular weight excluding hydrogens is 220 g/mol. The van der Waals surface area contributed by atoms with Gasteiger partial charge in [-0.25, -0.2) is 0 Å². The van der Waals surface area contributed by atoms with E-state index in [4.69, 9.17) is 4.74 Å². The summed E-state index contributed by atoms with van der Waals surface area (Å²) in [5.41, 5.74) is 0. The van der Waals surface area contributed by atoms with E-state index in [9.17, 15) is 9.59 Å². The topological polar surface area (TPSA) is 49.9 Å². The van der Waals surface area contributed by atoms with Gasteiger partial charge in [-0.3, -0.25) is 14.5 Å². The summed E-state index contributed by atoms with van der Waals surface area (Å²) < 4.78 is 5.65. The molecule has 2 aliphatic rings. The van der Waals surface area contributed by atoms with E-state index < -0.39 is 0 Å². The van der Waals surface area contributed by atoms with Crippen LogP contribution in [0.2, 0.25) is 0 Å². The van der Waals surface area contributed by atoms with Crippen LogP contribution in [-0.2, 0) is 14.3 Å². The van der Waals surface area contributed by atoms with Gasteiger partial charge >= 0.3 is 0 Å². The van der Waals surface area contributed by atoms with Crippen LogP contribution in [0.4, 0.5) is 0 Å². The van der Waals surface area contributed by atoms with Crippen molar-refractivity contribution in [2.45, 2.75) is 32.5 Å². The van der Waals surface area contributed by atoms with Gasteiger partial charge in [0, 0.05) is 26.2 Å². The van der Waals surface area contributed by atoms with Gasteiger partial charge < -0.3 is 9.64 Å². The molecule has 2 saturated heterocycles. The molecule has 2 atom stereocenters. The van der Waals surface area contributed by atoms with Crippen molar-refractivity contribution >= 4 is 11.7 Å². The number of Topliss-reactive ketones (excluding diaryl/α,β-unsaturated/α-hetero) is 1. The van der Waals surface area contributed by atoms with Gasteiger partial charge in [0.1, 0.15) is 0 Å². The normalized spacial score (nSPS) is 31.3. The second-order valence-corrected chi connectivity index (χ2v) is 5.05. The Morgan fingerprint density at radius 1 is 1.18 bits per heavy atom. The zero-order chi connectivity index (χ0) is 12.4. The maximum atomic E-state index is 11.4. The molecule has 1 amide bonds. The van der Waals surface area contributed by atoms with Gasteiger partial charge in [0.25, 0.3) is 0 Å². The van der Waals surface area contributed by atoms with Crippen molar-refractivity contribution in [3.63, 3.8) is 0 Å². The van der Waals surface area contributed by atoms with E-state index in [1.54, 1.807) is 4.90 Å². The summed E-state index contributed by atoms with van der Waals surface area (Å²) >= 11 is 0. The summed E-state index contributed by atoms with van der Waals surface area (Å²) in [6.45, 7) is 7.72. The first-order chi connectivity index (χ1) is 8.04. The average Bonchev–Trinajstić information content (AvgIpc) is 2.53. The van der Waals surface area contributed by atoms with Crippen molar-refractivity contribution in [1.82, 2.24) is 9.80 Å². The molecule has 96 valence electrons. The molecule has 0 unspecified atom stereocenters. The summed E-state index contributed by atoms with van der Waals surface area (Å²) in [5, 5.41) is 0. The van der Waals surface area contributed by atoms with Crippen molar-refractivity contribution in [3.8, 4) is 0 Å². The first kappa shape index (κ1) is 12.5. The zero-order valence-corrected chi connectivity index (χ0v) is 10.5. The minimum Gasteiger partial charge on any atom is -0.373 e. The smallest absolute Gasteiger partial charge is 0.230 e. The summed E-state index contributed by atoms with van der Waals surface area (Å²) in [6.07, 6.45) is 0.583. The van der Waals surface area contributed by atoms with Gasteiger partial charge in [-0.2, -0.15) is 0 Å². The average molecular weight is 240 g/mol. The third-order valence-corrected chi connectivity index (χ3v) is 3.25. The summed E-state index contributed by atoms with van der Waals surface area (Å²) in [7, 11) is 0. The minimum absolute atomic E-state index is 0.0237. The van der Waals surface area contributed by atoms with Crippen molar-refractivity contribution < 1.29 is 14.3 Å². The van der Waals surface area contributed by atoms with Gasteiger partial charge in [-0.1, -0.05) is 0 Å². The van der Waals surface area contributed by atoms with Gasteiger partial charge in [0.2, 0.25) is 5.91 Å². The Morgan fingerprint density at radius 2 is 1.82 bits per heavy atom. The fourth-order valence-electron chi connectivity index (χ4n) is 2.57. The molecule has 5 nitrogen and oxygen atoms in total. The highest BCUT2D eigenvalue weighted by Crippen LogP contribution is 2.11. The Morgan fingerprint density at radius 3 is 2.35 bits per heavy atom. The maximum absolute atomic E-state index is 11.4. The van der Waals surface area contributed by atoms with E-state index in [1.807, 2.05) is 0 Å². The Balaban J connectivity index is 1.78. The molecule has 0 bridgehead atoms. The Kier molecular flexibility index (Phi) is 3.79. The van der Waals surface area contributed by atoms with Gasteiger partial charge in [-0.15, -0.1) is 0 Å². The lowest BCUT2D eigenvalue weighted by Gasteiger charge is -2.35. The molecule has 0 aromatic heterocycles. The number of ether oxygens (including phenoxy) is 1. The highest BCUT2D eigenvalue weighted by molar-refractivity contribution is 6.05. The van der Waals surface area contributed by atoms with E-state index in [-0.39, 0.29) is 30.3 Å². The lowest BCUT2D eigenvalue weighted by molar-refractivity contribution is -0.128. The number of amides is 1. The molecule has 5 heteroatoms. The van der Waals surface area contributed by atoms with E-state index >= 15 is 0 Å². The quantitative estimate of drug-likeness (QED) is 0.646. The van der Waals surface area contributed by atoms with Crippen LogP contribution >= 0.6 is 0 Å². The summed E-state index contributed by atoms with van der Waals surface area (Å²) in [4.78, 5) is 26.5. The van der Waals surface area contributed by atoms with Crippen LogP contribution in [0, 0.1) is 0 Å². The Bertz CT molecular complexity index is 309. The number of rotatable bonds is 3. The van der Waals surface area contributed by atoms with E-state index in [2.05, 4.69) is 18.7 Å². The SMILES string of the molecule is C[C@@H]1CN(CCN2CC(=O)CC2=O)C[C@H](C)O1. The van der Waals surface area contributed by atoms with Crippen molar-refractivity contribution in [2.24, 2.45) is 0 Å². The first-order valence-electron chi connectivity index (χ1n) is 6.22. The fraction of sp³-hybridized carbons (Fsp3) is 0.833. The van der Waals surface area contributed by atoms with E-state index in [0.29, 0.717) is 13.1 Å². The lowest BCUT2D eigenvalue weighted by atomic mass is 10.2. The number of hydrogen-bond acceptors (Lipinski definition) is 4. The highest BCUT2D eigenvalue weighted by Gasteiger charge is 2.28. The molecule has 2 aliphatic heterocycles. The lowest BCUT2D eigenvalue weighted by Crippen LogP contribution is -2.48. The molecule has 0 radical (unpaired) electrons. The number of nitrogens with zero attached hydrogens (tertiary/aromatic N) is 2. The van der Waals surface area contributed by atoms with Crippen LogP contribution in [0.3, 0.4) is 0 Å². The number of morpholine rings is 1. The number of carbonyl (C=O) groups is 2. The van der Waals surface area contributed by atoms with Crippen LogP contribution in [0.1, 0.15) is 20.3 Å². The summed E-state index contributed by atoms with van der Waals surface area (Å²) in [6, 6.07) is 0. The third kappa shape index (κ3) is 3.26. The molecule has 17 heavy (non-hydrogen) atoms. The third-order valence-electron chi connectivity index (χ3n) is 3.25. The monoisotopic (exact) mass is 240 g/mol. The molecule has 0 saturated carbocycles. The molecule has 0 N–H and O–H groups in total. The molecule has 2 rings (SSSR count). The molecule has 2 fully saturated rings. The predicted molar refractivity (Wildman–Crippen MR) is 62.7 cm³/mol. The number of carbonyl (C=O) groups excluding carboxylic acids is 2. The van der Waals surface area contributed by atoms with Crippen LogP contribution in [0.25, 0.3) is 0 Å². The van der Waals surface area contributed by atoms with Crippen molar-refractivity contribution in [1.29, 1.82) is 0 Å². The number of likely N-dealkylation sites (tertiary alicyclic amines) is 1. The van der Waals surface area contributed by atoms with Gasteiger partial charge in [0.05, 0.1) is 25.2 Å². The van der Waals surface area contributed by atoms with Crippen LogP contribution in [0.15, 0.2) is 0 Å². The zero-order valence-electron chi connectivity index (χ0n) is 10.5. The molecule has 0 spiro atoms. The van der Waals surface area contributed by atoms with E-state index in [1.165, 1.54) is 0 Å². The molecule has 0 aromatic carbocycles. The standard InChI is InChI=1S/C12H20N2O3/c1-9-6-13(7-10(2)17-9)3-4-14-8-11(15)5-12(14)16/h9-10H,3-8H2,1-2H3/t9-,10+. The Hall–Kier alpha value is -0.940. The minimum atomic E-state index is -0.0237. The molecule has 0 aliphatic carbocycles. The molecule has 0 aromatic rings. The largest absolute Gasteiger partial charge is 0.373 e. The fourth-order valence-corrected chi connectivity index (χ4v) is 2.57. The van der Waals surface area contributed by atoms with Gasteiger partial charge in [-0.05, 0) is 13.8 Å². The predicted octanol–water partition coefficient (Wildman–Crippen LogP) is -0.103. The van der Waals surface area contributed by atoms with Crippen LogP contribution in [-0.4, -0.2) is 66.4 Å². The highest BCUT2D eigenvalue weighted by atomic mass is 16.5. The number of ketones is 1. The van der Waals surface area contributed by atoms with Crippen LogP contribution < -0.4 is 0 Å². The summed E-state index contributed by atoms with van der Waals surface area (Å²) in [5.74, 6) is 0.0167. The van der Waals surface area contributed by atoms with Crippen LogP contribution in [0.5, 0.6) is 0 Å². The molecular formula is C12H20N2O3. The number of hydrogen-bond donors (Lipinski definition) is 0. The first-order valence-corrected chi connectivity index (χ1v) is 6.22. The maximum Gasteiger partial charge on any atom is 0.230 e. The van der Waals surface area contributed by atoms with E-state index in [0.717, 1.165) is 19.6 Å². The van der Waals surface area contributed by atoms with Crippen molar-refractivity contribution in [3.05, 3.63) is 0 Å². The van der Waals surface area contributed by atoms with Gasteiger partial charge in [0.15, 0.2) is 5.78 Å². The second kappa shape index (κ2) is 5.14. The second-order valence-electron chi connectivity index (χ2n) is 5.05. The molecule has 2 heterocycles. The van der Waals surface area contributed by atoms with Crippen molar-refractivity contribution in [2.75, 3.05) is 32.7 Å². The Labute approximate surface area is 102 Å².